The van der Waals surface area contributed by atoms with E-state index in [1.807, 2.05) is 18.2 Å². The zero-order chi connectivity index (χ0) is 21.1. The molecule has 2 aliphatic rings. The Morgan fingerprint density at radius 2 is 1.60 bits per heavy atom. The van der Waals surface area contributed by atoms with Crippen LogP contribution in [0.25, 0.3) is 10.8 Å². The van der Waals surface area contributed by atoms with Crippen molar-refractivity contribution in [1.29, 1.82) is 0 Å². The number of hydrogen-bond donors (Lipinski definition) is 0. The largest absolute Gasteiger partial charge is 0.494 e. The number of fused-ring (bicyclic) bond motifs is 1. The van der Waals surface area contributed by atoms with Gasteiger partial charge in [-0.2, -0.15) is 4.39 Å². The van der Waals surface area contributed by atoms with Crippen LogP contribution in [-0.2, 0) is 6.42 Å². The summed E-state index contributed by atoms with van der Waals surface area (Å²) in [5, 5.41) is 1.03. The van der Waals surface area contributed by atoms with Gasteiger partial charge in [-0.15, -0.1) is 6.58 Å². The first kappa shape index (κ1) is 21.3. The van der Waals surface area contributed by atoms with Crippen LogP contribution in [0.5, 0.6) is 5.75 Å². The Kier molecular flexibility index (Phi) is 6.75. The van der Waals surface area contributed by atoms with Gasteiger partial charge in [-0.1, -0.05) is 31.1 Å². The maximum absolute atomic E-state index is 14.4. The van der Waals surface area contributed by atoms with E-state index in [0.717, 1.165) is 42.1 Å². The molecule has 0 radical (unpaired) electrons. The molecule has 0 bridgehead atoms. The first-order valence-corrected chi connectivity index (χ1v) is 11.7. The van der Waals surface area contributed by atoms with Crippen LogP contribution >= 0.6 is 0 Å². The maximum Gasteiger partial charge on any atom is 0.201 e. The Bertz CT molecular complexity index is 874. The number of halogens is 2. The highest BCUT2D eigenvalue weighted by Gasteiger charge is 2.30. The van der Waals surface area contributed by atoms with E-state index in [1.165, 1.54) is 58.5 Å². The van der Waals surface area contributed by atoms with Gasteiger partial charge in [-0.3, -0.25) is 0 Å². The number of benzene rings is 2. The lowest BCUT2D eigenvalue weighted by Gasteiger charge is -2.37. The minimum absolute atomic E-state index is 0.0394. The Morgan fingerprint density at radius 3 is 2.23 bits per heavy atom. The van der Waals surface area contributed by atoms with Crippen molar-refractivity contribution in [2.75, 3.05) is 7.11 Å². The lowest BCUT2D eigenvalue weighted by molar-refractivity contribution is 0.153. The number of hydrogen-bond acceptors (Lipinski definition) is 1. The van der Waals surface area contributed by atoms with Crippen LogP contribution < -0.4 is 4.74 Å². The summed E-state index contributed by atoms with van der Waals surface area (Å²) in [4.78, 5) is 0. The van der Waals surface area contributed by atoms with Gasteiger partial charge < -0.3 is 4.74 Å². The third-order valence-electron chi connectivity index (χ3n) is 7.82. The summed E-state index contributed by atoms with van der Waals surface area (Å²) in [6.45, 7) is 3.97. The Morgan fingerprint density at radius 1 is 0.933 bits per heavy atom. The number of aryl methyl sites for hydroxylation is 1. The lowest BCUT2D eigenvalue weighted by atomic mass is 9.68. The van der Waals surface area contributed by atoms with Crippen molar-refractivity contribution in [2.24, 2.45) is 23.7 Å². The molecule has 2 aliphatic carbocycles. The summed E-state index contributed by atoms with van der Waals surface area (Å²) in [5.74, 6) is 1.61. The minimum atomic E-state index is -0.900. The highest BCUT2D eigenvalue weighted by molar-refractivity contribution is 5.85. The fourth-order valence-corrected chi connectivity index (χ4v) is 5.83. The highest BCUT2D eigenvalue weighted by Crippen LogP contribution is 2.42. The summed E-state index contributed by atoms with van der Waals surface area (Å²) in [5.41, 5.74) is 1.09. The molecule has 0 amide bonds. The number of rotatable bonds is 6. The van der Waals surface area contributed by atoms with Gasteiger partial charge in [0.2, 0.25) is 5.82 Å². The molecule has 2 aromatic carbocycles. The van der Waals surface area contributed by atoms with Crippen molar-refractivity contribution in [3.8, 4) is 5.75 Å². The zero-order valence-corrected chi connectivity index (χ0v) is 18.1. The SMILES string of the molecule is C=CC1CCC(C2CCC(CCc3ccc4cc(OC)c(F)c(F)c4c3)CC2)CC1. The van der Waals surface area contributed by atoms with Crippen LogP contribution in [0.1, 0.15) is 63.4 Å². The second kappa shape index (κ2) is 9.49. The Hall–Kier alpha value is -1.90. The van der Waals surface area contributed by atoms with Crippen LogP contribution in [0.2, 0.25) is 0 Å². The molecule has 0 unspecified atom stereocenters. The van der Waals surface area contributed by atoms with Gasteiger partial charge in [0.05, 0.1) is 7.11 Å². The smallest absolute Gasteiger partial charge is 0.201 e. The molecular weight excluding hydrogens is 378 g/mol. The lowest BCUT2D eigenvalue weighted by Crippen LogP contribution is -2.25. The average molecular weight is 413 g/mol. The normalized spacial score (nSPS) is 27.2. The Labute approximate surface area is 179 Å². The topological polar surface area (TPSA) is 9.23 Å². The molecular formula is C27H34F2O. The van der Waals surface area contributed by atoms with Crippen molar-refractivity contribution in [3.05, 3.63) is 54.1 Å². The van der Waals surface area contributed by atoms with Crippen LogP contribution in [0.4, 0.5) is 8.78 Å². The van der Waals surface area contributed by atoms with Gasteiger partial charge in [-0.05, 0) is 98.1 Å². The summed E-state index contributed by atoms with van der Waals surface area (Å²) in [6.07, 6.45) is 15.0. The molecule has 3 heteroatoms. The van der Waals surface area contributed by atoms with Gasteiger partial charge in [0.25, 0.3) is 0 Å². The van der Waals surface area contributed by atoms with E-state index >= 15 is 0 Å². The molecule has 0 atom stereocenters. The minimum Gasteiger partial charge on any atom is -0.494 e. The first-order chi connectivity index (χ1) is 14.6. The molecule has 0 spiro atoms. The molecule has 0 saturated heterocycles. The second-order valence-corrected chi connectivity index (χ2v) is 9.49. The van der Waals surface area contributed by atoms with E-state index in [0.29, 0.717) is 10.8 Å². The monoisotopic (exact) mass is 412 g/mol. The summed E-state index contributed by atoms with van der Waals surface area (Å²) in [7, 11) is 1.36. The van der Waals surface area contributed by atoms with E-state index in [-0.39, 0.29) is 5.75 Å². The van der Waals surface area contributed by atoms with Crippen molar-refractivity contribution in [2.45, 2.75) is 64.2 Å². The van der Waals surface area contributed by atoms with Gasteiger partial charge in [0, 0.05) is 5.39 Å². The molecule has 2 aromatic rings. The molecule has 1 nitrogen and oxygen atoms in total. The van der Waals surface area contributed by atoms with Crippen LogP contribution in [-0.4, -0.2) is 7.11 Å². The van der Waals surface area contributed by atoms with E-state index in [1.54, 1.807) is 6.07 Å². The van der Waals surface area contributed by atoms with Crippen molar-refractivity contribution < 1.29 is 13.5 Å². The summed E-state index contributed by atoms with van der Waals surface area (Å²) in [6, 6.07) is 7.31. The van der Waals surface area contributed by atoms with Crippen molar-refractivity contribution in [1.82, 2.24) is 0 Å². The fourth-order valence-electron chi connectivity index (χ4n) is 5.83. The van der Waals surface area contributed by atoms with Crippen LogP contribution in [0.15, 0.2) is 36.9 Å². The summed E-state index contributed by atoms with van der Waals surface area (Å²) >= 11 is 0. The number of allylic oxidation sites excluding steroid dienone is 1. The van der Waals surface area contributed by atoms with Gasteiger partial charge in [0.1, 0.15) is 0 Å². The molecule has 2 saturated carbocycles. The maximum atomic E-state index is 14.4. The number of methoxy groups -OCH3 is 1. The van der Waals surface area contributed by atoms with E-state index < -0.39 is 11.6 Å². The fraction of sp³-hybridized carbons (Fsp3) is 0.556. The first-order valence-electron chi connectivity index (χ1n) is 11.7. The molecule has 0 aromatic heterocycles. The standard InChI is InChI=1S/C27H34F2O/c1-3-18-6-11-21(12-7-18)22-13-8-19(9-14-22)4-5-20-10-15-23-17-25(30-2)27(29)26(28)24(23)16-20/h3,10,15-19,21-22H,1,4-9,11-14H2,2H3. The van der Waals surface area contributed by atoms with Crippen LogP contribution in [0, 0.1) is 35.3 Å². The average Bonchev–Trinajstić information content (AvgIpc) is 2.80. The van der Waals surface area contributed by atoms with Crippen LogP contribution in [0.3, 0.4) is 0 Å². The van der Waals surface area contributed by atoms with Gasteiger partial charge >= 0.3 is 0 Å². The predicted octanol–water partition coefficient (Wildman–Crippen LogP) is 7.86. The summed E-state index contributed by atoms with van der Waals surface area (Å²) < 4.78 is 33.4. The molecule has 4 rings (SSSR count). The third-order valence-corrected chi connectivity index (χ3v) is 7.82. The predicted molar refractivity (Wildman–Crippen MR) is 120 cm³/mol. The van der Waals surface area contributed by atoms with Gasteiger partial charge in [-0.25, -0.2) is 4.39 Å². The molecule has 162 valence electrons. The van der Waals surface area contributed by atoms with Crippen molar-refractivity contribution >= 4 is 10.8 Å². The molecule has 0 aliphatic heterocycles. The number of ether oxygens (including phenoxy) is 1. The third kappa shape index (κ3) is 4.55. The molecule has 0 N–H and O–H groups in total. The molecule has 0 heterocycles. The second-order valence-electron chi connectivity index (χ2n) is 9.49. The van der Waals surface area contributed by atoms with E-state index in [2.05, 4.69) is 12.7 Å². The van der Waals surface area contributed by atoms with E-state index in [9.17, 15) is 8.78 Å². The zero-order valence-electron chi connectivity index (χ0n) is 18.1. The highest BCUT2D eigenvalue weighted by atomic mass is 19.2. The Balaban J connectivity index is 1.31. The molecule has 30 heavy (non-hydrogen) atoms. The quantitative estimate of drug-likeness (QED) is 0.439. The van der Waals surface area contributed by atoms with E-state index in [4.69, 9.17) is 4.74 Å². The van der Waals surface area contributed by atoms with Gasteiger partial charge in [0.15, 0.2) is 11.6 Å². The van der Waals surface area contributed by atoms with Crippen molar-refractivity contribution in [3.63, 3.8) is 0 Å². The molecule has 2 fully saturated rings.